The van der Waals surface area contributed by atoms with Gasteiger partial charge in [0.25, 0.3) is 0 Å². The van der Waals surface area contributed by atoms with Gasteiger partial charge in [-0.05, 0) is 26.8 Å². The molecule has 1 fully saturated rings. The largest absolute Gasteiger partial charge is 0.301 e. The van der Waals surface area contributed by atoms with Gasteiger partial charge in [-0.15, -0.1) is 0 Å². The molecule has 1 saturated heterocycles. The van der Waals surface area contributed by atoms with Crippen molar-refractivity contribution in [2.75, 3.05) is 32.7 Å². The fourth-order valence-electron chi connectivity index (χ4n) is 2.27. The summed E-state index contributed by atoms with van der Waals surface area (Å²) >= 11 is 0. The summed E-state index contributed by atoms with van der Waals surface area (Å²) in [5.41, 5.74) is 0. The Kier molecular flexibility index (Phi) is 6.14. The molecule has 1 aliphatic rings. The van der Waals surface area contributed by atoms with Crippen LogP contribution in [0, 0.1) is 5.92 Å². The maximum absolute atomic E-state index is 11.5. The summed E-state index contributed by atoms with van der Waals surface area (Å²) in [5.74, 6) is 0.610. The van der Waals surface area contributed by atoms with E-state index in [0.29, 0.717) is 11.8 Å². The molecule has 0 unspecified atom stereocenters. The quantitative estimate of drug-likeness (QED) is 0.709. The summed E-state index contributed by atoms with van der Waals surface area (Å²) in [7, 11) is 0. The Balaban J connectivity index is 2.12. The molecule has 0 bridgehead atoms. The van der Waals surface area contributed by atoms with E-state index in [4.69, 9.17) is 0 Å². The summed E-state index contributed by atoms with van der Waals surface area (Å²) < 4.78 is 0. The van der Waals surface area contributed by atoms with Crippen molar-refractivity contribution in [1.29, 1.82) is 0 Å². The number of carbonyl (C=O) groups excluding carboxylic acids is 1. The van der Waals surface area contributed by atoms with E-state index in [1.807, 2.05) is 13.8 Å². The standard InChI is InChI=1S/C14H28N2O/c1-12(2)14(17)6-5-7-15-8-10-16(11-9-15)13(3)4/h12-13H,5-11H2,1-4H3. The molecule has 0 aromatic heterocycles. The molecule has 0 radical (unpaired) electrons. The lowest BCUT2D eigenvalue weighted by atomic mass is 10.0. The SMILES string of the molecule is CC(C)C(=O)CCCN1CCN(C(C)C)CC1. The van der Waals surface area contributed by atoms with Gasteiger partial charge in [0.05, 0.1) is 0 Å². The van der Waals surface area contributed by atoms with Crippen molar-refractivity contribution in [2.24, 2.45) is 5.92 Å². The van der Waals surface area contributed by atoms with Crippen LogP contribution in [0.4, 0.5) is 0 Å². The normalized spacial score (nSPS) is 19.2. The second kappa shape index (κ2) is 7.12. The predicted molar refractivity (Wildman–Crippen MR) is 72.2 cm³/mol. The van der Waals surface area contributed by atoms with Gasteiger partial charge in [0.1, 0.15) is 5.78 Å². The van der Waals surface area contributed by atoms with E-state index >= 15 is 0 Å². The van der Waals surface area contributed by atoms with E-state index in [0.717, 1.165) is 32.5 Å². The van der Waals surface area contributed by atoms with Crippen molar-refractivity contribution in [2.45, 2.75) is 46.6 Å². The maximum atomic E-state index is 11.5. The second-order valence-corrected chi connectivity index (χ2v) is 5.70. The summed E-state index contributed by atoms with van der Waals surface area (Å²) in [6.45, 7) is 14.3. The van der Waals surface area contributed by atoms with Gasteiger partial charge in [-0.1, -0.05) is 13.8 Å². The Morgan fingerprint density at radius 2 is 1.65 bits per heavy atom. The van der Waals surface area contributed by atoms with Gasteiger partial charge < -0.3 is 4.90 Å². The molecule has 1 rings (SSSR count). The highest BCUT2D eigenvalue weighted by Crippen LogP contribution is 2.08. The lowest BCUT2D eigenvalue weighted by Gasteiger charge is -2.36. The van der Waals surface area contributed by atoms with Crippen molar-refractivity contribution >= 4 is 5.78 Å². The highest BCUT2D eigenvalue weighted by atomic mass is 16.1. The summed E-state index contributed by atoms with van der Waals surface area (Å²) in [6, 6.07) is 0.666. The fourth-order valence-corrected chi connectivity index (χ4v) is 2.27. The minimum atomic E-state index is 0.202. The fraction of sp³-hybridized carbons (Fsp3) is 0.929. The third kappa shape index (κ3) is 5.17. The van der Waals surface area contributed by atoms with Gasteiger partial charge >= 0.3 is 0 Å². The predicted octanol–water partition coefficient (Wildman–Crippen LogP) is 2.02. The van der Waals surface area contributed by atoms with Crippen molar-refractivity contribution in [1.82, 2.24) is 9.80 Å². The number of piperazine rings is 1. The van der Waals surface area contributed by atoms with E-state index in [-0.39, 0.29) is 5.92 Å². The van der Waals surface area contributed by atoms with Gasteiger partial charge in [0, 0.05) is 44.6 Å². The van der Waals surface area contributed by atoms with Crippen LogP contribution < -0.4 is 0 Å². The zero-order valence-corrected chi connectivity index (χ0v) is 11.9. The summed E-state index contributed by atoms with van der Waals surface area (Å²) in [5, 5.41) is 0. The molecule has 0 spiro atoms. The molecule has 3 nitrogen and oxygen atoms in total. The third-order valence-electron chi connectivity index (χ3n) is 3.68. The molecule has 0 amide bonds. The molecule has 0 aromatic carbocycles. The summed E-state index contributed by atoms with van der Waals surface area (Å²) in [6.07, 6.45) is 1.78. The van der Waals surface area contributed by atoms with Gasteiger partial charge in [0.2, 0.25) is 0 Å². The van der Waals surface area contributed by atoms with Crippen LogP contribution >= 0.6 is 0 Å². The lowest BCUT2D eigenvalue weighted by Crippen LogP contribution is -2.48. The van der Waals surface area contributed by atoms with Gasteiger partial charge in [-0.25, -0.2) is 0 Å². The molecular formula is C14H28N2O. The van der Waals surface area contributed by atoms with Gasteiger partial charge in [0.15, 0.2) is 0 Å². The summed E-state index contributed by atoms with van der Waals surface area (Å²) in [4.78, 5) is 16.5. The maximum Gasteiger partial charge on any atom is 0.135 e. The third-order valence-corrected chi connectivity index (χ3v) is 3.68. The molecule has 0 aliphatic carbocycles. The van der Waals surface area contributed by atoms with Crippen LogP contribution in [0.1, 0.15) is 40.5 Å². The smallest absolute Gasteiger partial charge is 0.135 e. The first-order valence-corrected chi connectivity index (χ1v) is 7.00. The van der Waals surface area contributed by atoms with E-state index in [1.165, 1.54) is 13.1 Å². The van der Waals surface area contributed by atoms with Gasteiger partial charge in [-0.2, -0.15) is 0 Å². The first-order valence-electron chi connectivity index (χ1n) is 7.00. The minimum absolute atomic E-state index is 0.202. The lowest BCUT2D eigenvalue weighted by molar-refractivity contribution is -0.122. The first-order chi connectivity index (χ1) is 8.00. The molecule has 0 saturated carbocycles. The average Bonchev–Trinajstić information content (AvgIpc) is 2.29. The average molecular weight is 240 g/mol. The van der Waals surface area contributed by atoms with Crippen LogP contribution in [-0.4, -0.2) is 54.3 Å². The molecule has 1 aliphatic heterocycles. The molecule has 0 N–H and O–H groups in total. The zero-order valence-electron chi connectivity index (χ0n) is 11.9. The zero-order chi connectivity index (χ0) is 12.8. The number of hydrogen-bond acceptors (Lipinski definition) is 3. The molecule has 0 aromatic rings. The Morgan fingerprint density at radius 3 is 2.12 bits per heavy atom. The molecule has 0 atom stereocenters. The van der Waals surface area contributed by atoms with Crippen molar-refractivity contribution in [3.63, 3.8) is 0 Å². The van der Waals surface area contributed by atoms with Crippen LogP contribution in [0.5, 0.6) is 0 Å². The van der Waals surface area contributed by atoms with Crippen LogP contribution in [0.25, 0.3) is 0 Å². The van der Waals surface area contributed by atoms with Crippen molar-refractivity contribution < 1.29 is 4.79 Å². The number of nitrogens with zero attached hydrogens (tertiary/aromatic N) is 2. The Bertz CT molecular complexity index is 230. The Labute approximate surface area is 106 Å². The number of hydrogen-bond donors (Lipinski definition) is 0. The Hall–Kier alpha value is -0.410. The highest BCUT2D eigenvalue weighted by molar-refractivity contribution is 5.80. The first kappa shape index (κ1) is 14.7. The second-order valence-electron chi connectivity index (χ2n) is 5.70. The molecular weight excluding hydrogens is 212 g/mol. The number of rotatable bonds is 6. The minimum Gasteiger partial charge on any atom is -0.301 e. The molecule has 100 valence electrons. The van der Waals surface area contributed by atoms with Crippen LogP contribution in [0.15, 0.2) is 0 Å². The Morgan fingerprint density at radius 1 is 1.06 bits per heavy atom. The topological polar surface area (TPSA) is 23.6 Å². The molecule has 1 heterocycles. The number of ketones is 1. The van der Waals surface area contributed by atoms with E-state index in [2.05, 4.69) is 23.6 Å². The van der Waals surface area contributed by atoms with Crippen molar-refractivity contribution in [3.05, 3.63) is 0 Å². The van der Waals surface area contributed by atoms with Crippen LogP contribution in [0.2, 0.25) is 0 Å². The molecule has 3 heteroatoms. The van der Waals surface area contributed by atoms with E-state index in [1.54, 1.807) is 0 Å². The molecule has 17 heavy (non-hydrogen) atoms. The number of Topliss-reactive ketones (excluding diaryl/α,β-unsaturated/α-hetero) is 1. The van der Waals surface area contributed by atoms with E-state index in [9.17, 15) is 4.79 Å². The van der Waals surface area contributed by atoms with E-state index < -0.39 is 0 Å². The highest BCUT2D eigenvalue weighted by Gasteiger charge is 2.18. The van der Waals surface area contributed by atoms with Crippen LogP contribution in [0.3, 0.4) is 0 Å². The van der Waals surface area contributed by atoms with Gasteiger partial charge in [-0.3, -0.25) is 9.69 Å². The van der Waals surface area contributed by atoms with Crippen LogP contribution in [-0.2, 0) is 4.79 Å². The monoisotopic (exact) mass is 240 g/mol. The van der Waals surface area contributed by atoms with Crippen molar-refractivity contribution in [3.8, 4) is 0 Å². The number of carbonyl (C=O) groups is 1.